The van der Waals surface area contributed by atoms with E-state index < -0.39 is 0 Å². The van der Waals surface area contributed by atoms with Crippen LogP contribution in [0.25, 0.3) is 11.7 Å². The molecule has 0 aliphatic carbocycles. The Kier molecular flexibility index (Phi) is 7.23. The van der Waals surface area contributed by atoms with Gasteiger partial charge in [-0.25, -0.2) is 4.98 Å². The van der Waals surface area contributed by atoms with E-state index in [0.29, 0.717) is 35.5 Å². The Morgan fingerprint density at radius 3 is 2.56 bits per heavy atom. The van der Waals surface area contributed by atoms with Crippen LogP contribution < -0.4 is 5.56 Å². The largest absolute Gasteiger partial charge is 0.288 e. The number of carbonyl (C=O) groups is 1. The van der Waals surface area contributed by atoms with Crippen LogP contribution in [-0.2, 0) is 11.3 Å². The maximum atomic E-state index is 13.6. The highest BCUT2D eigenvalue weighted by Crippen LogP contribution is 2.36. The third-order valence-corrected chi connectivity index (χ3v) is 8.52. The van der Waals surface area contributed by atoms with E-state index in [9.17, 15) is 9.59 Å². The highest BCUT2D eigenvalue weighted by molar-refractivity contribution is 8.26. The summed E-state index contributed by atoms with van der Waals surface area (Å²) in [6.45, 7) is 2.15. The quantitative estimate of drug-likeness (QED) is 0.148. The van der Waals surface area contributed by atoms with Crippen molar-refractivity contribution in [1.82, 2.24) is 14.3 Å². The number of aryl methyl sites for hydroxylation is 1. The first-order valence-corrected chi connectivity index (χ1v) is 13.6. The first-order chi connectivity index (χ1) is 17.3. The van der Waals surface area contributed by atoms with Gasteiger partial charge in [0.15, 0.2) is 0 Å². The Balaban J connectivity index is 1.58. The molecule has 0 bridgehead atoms. The lowest BCUT2D eigenvalue weighted by Crippen LogP contribution is -2.27. The second-order valence-electron chi connectivity index (χ2n) is 7.94. The van der Waals surface area contributed by atoms with E-state index in [2.05, 4.69) is 0 Å². The van der Waals surface area contributed by atoms with E-state index in [-0.39, 0.29) is 18.0 Å². The summed E-state index contributed by atoms with van der Waals surface area (Å²) in [5.74, 6) is -0.277. The maximum Gasteiger partial charge on any atom is 0.266 e. The standard InChI is InChI=1S/C26H17Cl2N3O2S3/c1-15-5-4-12-30-22(15)29-23(35-18-10-8-17(27)9-11-18)19(24(30)32)13-21-25(33)31(26(34)36-21)14-16-6-2-3-7-20(16)28/h2-13H,14H2,1H3. The number of pyridine rings is 1. The number of fused-ring (bicyclic) bond motifs is 1. The van der Waals surface area contributed by atoms with Crippen molar-refractivity contribution in [3.05, 3.63) is 109 Å². The summed E-state index contributed by atoms with van der Waals surface area (Å²) in [4.78, 5) is 34.4. The van der Waals surface area contributed by atoms with E-state index in [1.165, 1.54) is 21.1 Å². The van der Waals surface area contributed by atoms with Crippen LogP contribution in [0.1, 0.15) is 16.7 Å². The zero-order valence-corrected chi connectivity index (χ0v) is 22.7. The zero-order valence-electron chi connectivity index (χ0n) is 18.8. The smallest absolute Gasteiger partial charge is 0.266 e. The third kappa shape index (κ3) is 4.96. The first-order valence-electron chi connectivity index (χ1n) is 10.8. The molecule has 1 aliphatic heterocycles. The normalized spacial score (nSPS) is 14.9. The van der Waals surface area contributed by atoms with E-state index in [0.717, 1.165) is 27.8 Å². The Bertz CT molecular complexity index is 1620. The van der Waals surface area contributed by atoms with E-state index >= 15 is 0 Å². The van der Waals surface area contributed by atoms with Gasteiger partial charge in [0.1, 0.15) is 15.0 Å². The fraction of sp³-hybridized carbons (Fsp3) is 0.0769. The van der Waals surface area contributed by atoms with Crippen LogP contribution in [0, 0.1) is 6.92 Å². The molecular formula is C26H17Cl2N3O2S3. The summed E-state index contributed by atoms with van der Waals surface area (Å²) in [5, 5.41) is 1.67. The zero-order chi connectivity index (χ0) is 25.4. The van der Waals surface area contributed by atoms with Crippen LogP contribution in [0.3, 0.4) is 0 Å². The van der Waals surface area contributed by atoms with Gasteiger partial charge in [0.05, 0.1) is 17.0 Å². The maximum absolute atomic E-state index is 13.6. The molecule has 1 amide bonds. The monoisotopic (exact) mass is 569 g/mol. The van der Waals surface area contributed by atoms with Crippen molar-refractivity contribution in [1.29, 1.82) is 0 Å². The molecule has 1 fully saturated rings. The molecule has 0 N–H and O–H groups in total. The molecule has 2 aromatic carbocycles. The van der Waals surface area contributed by atoms with Crippen molar-refractivity contribution in [2.24, 2.45) is 0 Å². The number of carbonyl (C=O) groups excluding carboxylic acids is 1. The van der Waals surface area contributed by atoms with Crippen LogP contribution >= 0.6 is 58.9 Å². The van der Waals surface area contributed by atoms with Crippen LogP contribution in [0.5, 0.6) is 0 Å². The van der Waals surface area contributed by atoms with Crippen molar-refractivity contribution < 1.29 is 4.79 Å². The van der Waals surface area contributed by atoms with Gasteiger partial charge in [-0.1, -0.05) is 83.2 Å². The average Bonchev–Trinajstić information content (AvgIpc) is 3.12. The number of thioether (sulfide) groups is 1. The second kappa shape index (κ2) is 10.4. The van der Waals surface area contributed by atoms with Gasteiger partial charge in [0.2, 0.25) is 0 Å². The first kappa shape index (κ1) is 25.0. The van der Waals surface area contributed by atoms with Crippen molar-refractivity contribution >= 4 is 80.9 Å². The molecule has 5 nitrogen and oxygen atoms in total. The van der Waals surface area contributed by atoms with Crippen LogP contribution in [0.15, 0.2) is 86.5 Å². The highest BCUT2D eigenvalue weighted by atomic mass is 35.5. The molecule has 0 saturated carbocycles. The van der Waals surface area contributed by atoms with Gasteiger partial charge in [-0.05, 0) is 60.5 Å². The fourth-order valence-electron chi connectivity index (χ4n) is 3.67. The Morgan fingerprint density at radius 1 is 1.06 bits per heavy atom. The summed E-state index contributed by atoms with van der Waals surface area (Å²) in [5.41, 5.74) is 2.26. The number of hydrogen-bond acceptors (Lipinski definition) is 6. The molecule has 5 rings (SSSR count). The molecule has 1 aliphatic rings. The SMILES string of the molecule is Cc1cccn2c(=O)c(C=C3SC(=S)N(Cc4ccccc4Cl)C3=O)c(Sc3ccc(Cl)cc3)nc12. The topological polar surface area (TPSA) is 54.7 Å². The summed E-state index contributed by atoms with van der Waals surface area (Å²) in [7, 11) is 0. The van der Waals surface area contributed by atoms with Crippen LogP contribution in [-0.4, -0.2) is 24.5 Å². The molecule has 36 heavy (non-hydrogen) atoms. The van der Waals surface area contributed by atoms with Gasteiger partial charge in [0, 0.05) is 21.1 Å². The minimum atomic E-state index is -0.277. The summed E-state index contributed by atoms with van der Waals surface area (Å²) >= 11 is 20.3. The Morgan fingerprint density at radius 2 is 1.81 bits per heavy atom. The molecule has 0 radical (unpaired) electrons. The Hall–Kier alpha value is -2.62. The third-order valence-electron chi connectivity index (χ3n) is 5.51. The Labute approximate surface area is 231 Å². The minimum Gasteiger partial charge on any atom is -0.288 e. The summed E-state index contributed by atoms with van der Waals surface area (Å²) in [6.07, 6.45) is 3.27. The molecule has 180 valence electrons. The number of rotatable bonds is 5. The van der Waals surface area contributed by atoms with E-state index in [1.54, 1.807) is 36.5 Å². The predicted octanol–water partition coefficient (Wildman–Crippen LogP) is 6.86. The van der Waals surface area contributed by atoms with Gasteiger partial charge in [-0.3, -0.25) is 18.9 Å². The number of hydrogen-bond donors (Lipinski definition) is 0. The molecule has 3 heterocycles. The van der Waals surface area contributed by atoms with Gasteiger partial charge < -0.3 is 0 Å². The van der Waals surface area contributed by atoms with E-state index in [1.807, 2.05) is 43.3 Å². The molecule has 10 heteroatoms. The molecule has 0 spiro atoms. The predicted molar refractivity (Wildman–Crippen MR) is 152 cm³/mol. The number of benzene rings is 2. The van der Waals surface area contributed by atoms with Crippen molar-refractivity contribution in [3.8, 4) is 0 Å². The van der Waals surface area contributed by atoms with Gasteiger partial charge >= 0.3 is 0 Å². The van der Waals surface area contributed by atoms with Gasteiger partial charge in [-0.2, -0.15) is 0 Å². The molecule has 4 aromatic rings. The lowest BCUT2D eigenvalue weighted by molar-refractivity contribution is -0.122. The van der Waals surface area contributed by atoms with Gasteiger partial charge in [0.25, 0.3) is 11.5 Å². The lowest BCUT2D eigenvalue weighted by atomic mass is 10.2. The van der Waals surface area contributed by atoms with E-state index in [4.69, 9.17) is 40.4 Å². The molecular weight excluding hydrogens is 553 g/mol. The number of thiocarbonyl (C=S) groups is 1. The highest BCUT2D eigenvalue weighted by Gasteiger charge is 2.33. The lowest BCUT2D eigenvalue weighted by Gasteiger charge is -2.15. The molecule has 1 saturated heterocycles. The number of nitrogens with zero attached hydrogens (tertiary/aromatic N) is 3. The minimum absolute atomic E-state index is 0.252. The van der Waals surface area contributed by atoms with Gasteiger partial charge in [-0.15, -0.1) is 0 Å². The van der Waals surface area contributed by atoms with Crippen molar-refractivity contribution in [3.63, 3.8) is 0 Å². The van der Waals surface area contributed by atoms with Crippen molar-refractivity contribution in [2.75, 3.05) is 0 Å². The van der Waals surface area contributed by atoms with Crippen LogP contribution in [0.2, 0.25) is 10.0 Å². The van der Waals surface area contributed by atoms with Crippen molar-refractivity contribution in [2.45, 2.75) is 23.4 Å². The molecule has 0 unspecified atom stereocenters. The molecule has 2 aromatic heterocycles. The summed E-state index contributed by atoms with van der Waals surface area (Å²) < 4.78 is 1.90. The number of amides is 1. The number of aromatic nitrogens is 2. The summed E-state index contributed by atoms with van der Waals surface area (Å²) in [6, 6.07) is 18.3. The van der Waals surface area contributed by atoms with Crippen LogP contribution in [0.4, 0.5) is 0 Å². The number of halogens is 2. The molecule has 0 atom stereocenters. The second-order valence-corrected chi connectivity index (χ2v) is 11.5. The fourth-order valence-corrected chi connectivity index (χ4v) is 6.11. The average molecular weight is 571 g/mol.